The number of thioether (sulfide) groups is 1. The van der Waals surface area contributed by atoms with Gasteiger partial charge in [0.15, 0.2) is 22.5 Å². The van der Waals surface area contributed by atoms with E-state index in [-0.39, 0.29) is 6.79 Å². The van der Waals surface area contributed by atoms with Crippen molar-refractivity contribution in [1.82, 2.24) is 14.8 Å². The lowest BCUT2D eigenvalue weighted by molar-refractivity contribution is 0.174. The van der Waals surface area contributed by atoms with Crippen molar-refractivity contribution in [3.63, 3.8) is 0 Å². The van der Waals surface area contributed by atoms with E-state index < -0.39 is 0 Å². The molecule has 1 aromatic heterocycles. The molecular weight excluding hydrogens is 402 g/mol. The first kappa shape index (κ1) is 16.5. The summed E-state index contributed by atoms with van der Waals surface area (Å²) in [6.07, 6.45) is 0. The molecule has 0 saturated carbocycles. The maximum atomic E-state index is 5.46. The van der Waals surface area contributed by atoms with Gasteiger partial charge in [0.25, 0.3) is 0 Å². The minimum atomic E-state index is 0.279. The molecule has 0 atom stereocenters. The molecule has 0 aliphatic carbocycles. The Bertz CT molecular complexity index is 942. The van der Waals surface area contributed by atoms with Crippen LogP contribution in [0.1, 0.15) is 11.1 Å². The second-order valence-corrected chi connectivity index (χ2v) is 7.56. The van der Waals surface area contributed by atoms with Crippen LogP contribution < -0.4 is 9.47 Å². The zero-order valence-corrected chi connectivity index (χ0v) is 16.2. The van der Waals surface area contributed by atoms with Crippen LogP contribution in [0.25, 0.3) is 11.4 Å². The monoisotopic (exact) mass is 417 g/mol. The lowest BCUT2D eigenvalue weighted by Crippen LogP contribution is -1.96. The van der Waals surface area contributed by atoms with Gasteiger partial charge in [0.05, 0.1) is 0 Å². The Morgan fingerprint density at radius 2 is 1.92 bits per heavy atom. The van der Waals surface area contributed by atoms with Crippen LogP contribution in [0.15, 0.2) is 46.0 Å². The third kappa shape index (κ3) is 3.14. The van der Waals surface area contributed by atoms with E-state index in [9.17, 15) is 0 Å². The lowest BCUT2D eigenvalue weighted by Gasteiger charge is -2.08. The fourth-order valence-corrected chi connectivity index (χ4v) is 4.26. The first-order valence-electron chi connectivity index (χ1n) is 7.79. The van der Waals surface area contributed by atoms with Crippen molar-refractivity contribution in [3.8, 4) is 22.9 Å². The molecule has 128 valence electrons. The van der Waals surface area contributed by atoms with E-state index in [1.807, 2.05) is 35.9 Å². The molecule has 3 aromatic rings. The number of aromatic nitrogens is 3. The summed E-state index contributed by atoms with van der Waals surface area (Å²) in [5, 5.41) is 9.61. The molecular formula is C18H16BrN3O2S. The van der Waals surface area contributed by atoms with E-state index in [1.54, 1.807) is 11.8 Å². The minimum Gasteiger partial charge on any atom is -0.454 e. The van der Waals surface area contributed by atoms with Gasteiger partial charge < -0.3 is 14.0 Å². The van der Waals surface area contributed by atoms with Crippen molar-refractivity contribution in [2.24, 2.45) is 7.05 Å². The molecule has 1 aliphatic rings. The van der Waals surface area contributed by atoms with Crippen molar-refractivity contribution < 1.29 is 9.47 Å². The quantitative estimate of drug-likeness (QED) is 0.581. The Balaban J connectivity index is 1.56. The number of ether oxygens (including phenoxy) is 2. The number of rotatable bonds is 4. The largest absolute Gasteiger partial charge is 0.454 e. The first-order valence-corrected chi connectivity index (χ1v) is 9.57. The van der Waals surface area contributed by atoms with Crippen molar-refractivity contribution in [1.29, 1.82) is 0 Å². The van der Waals surface area contributed by atoms with Gasteiger partial charge in [0.1, 0.15) is 0 Å². The highest BCUT2D eigenvalue weighted by Crippen LogP contribution is 2.39. The fourth-order valence-electron chi connectivity index (χ4n) is 2.71. The van der Waals surface area contributed by atoms with Crippen LogP contribution in [0.4, 0.5) is 0 Å². The number of nitrogens with zero attached hydrogens (tertiary/aromatic N) is 3. The summed E-state index contributed by atoms with van der Waals surface area (Å²) < 4.78 is 13.9. The van der Waals surface area contributed by atoms with Gasteiger partial charge in [-0.1, -0.05) is 52.0 Å². The SMILES string of the molecule is Cc1ccccc1-c1nnc(SCc2cc3c(cc2Br)OCO3)n1C. The smallest absolute Gasteiger partial charge is 0.231 e. The molecule has 0 fully saturated rings. The minimum absolute atomic E-state index is 0.279. The lowest BCUT2D eigenvalue weighted by atomic mass is 10.1. The average molecular weight is 418 g/mol. The van der Waals surface area contributed by atoms with Crippen LogP contribution in [-0.2, 0) is 12.8 Å². The molecule has 2 aromatic carbocycles. The van der Waals surface area contributed by atoms with Gasteiger partial charge in [0.2, 0.25) is 6.79 Å². The van der Waals surface area contributed by atoms with Crippen molar-refractivity contribution in [2.45, 2.75) is 17.8 Å². The highest BCUT2D eigenvalue weighted by Gasteiger charge is 2.18. The summed E-state index contributed by atoms with van der Waals surface area (Å²) in [5.74, 6) is 3.21. The fraction of sp³-hybridized carbons (Fsp3) is 0.222. The molecule has 7 heteroatoms. The number of benzene rings is 2. The Morgan fingerprint density at radius 3 is 2.72 bits per heavy atom. The molecule has 5 nitrogen and oxygen atoms in total. The van der Waals surface area contributed by atoms with E-state index in [4.69, 9.17) is 9.47 Å². The van der Waals surface area contributed by atoms with Crippen LogP contribution in [0.2, 0.25) is 0 Å². The van der Waals surface area contributed by atoms with E-state index in [0.29, 0.717) is 0 Å². The number of halogens is 1. The van der Waals surface area contributed by atoms with Crippen molar-refractivity contribution in [3.05, 3.63) is 52.0 Å². The van der Waals surface area contributed by atoms with Crippen LogP contribution in [0.3, 0.4) is 0 Å². The van der Waals surface area contributed by atoms with Gasteiger partial charge in [-0.05, 0) is 30.2 Å². The highest BCUT2D eigenvalue weighted by molar-refractivity contribution is 9.10. The number of hydrogen-bond donors (Lipinski definition) is 0. The summed E-state index contributed by atoms with van der Waals surface area (Å²) in [4.78, 5) is 0. The van der Waals surface area contributed by atoms with E-state index in [2.05, 4.69) is 45.2 Å². The summed E-state index contributed by atoms with van der Waals surface area (Å²) >= 11 is 5.25. The molecule has 0 spiro atoms. The number of hydrogen-bond acceptors (Lipinski definition) is 5. The molecule has 0 N–H and O–H groups in total. The molecule has 0 unspecified atom stereocenters. The molecule has 2 heterocycles. The Morgan fingerprint density at radius 1 is 1.16 bits per heavy atom. The maximum absolute atomic E-state index is 5.46. The van der Waals surface area contributed by atoms with Gasteiger partial charge in [-0.25, -0.2) is 0 Å². The van der Waals surface area contributed by atoms with Crippen LogP contribution in [0.5, 0.6) is 11.5 Å². The van der Waals surface area contributed by atoms with E-state index in [1.165, 1.54) is 5.56 Å². The van der Waals surface area contributed by atoms with Gasteiger partial charge in [-0.3, -0.25) is 0 Å². The Kier molecular flexibility index (Phi) is 4.43. The number of aryl methyl sites for hydroxylation is 1. The predicted octanol–water partition coefficient (Wildman–Crippen LogP) is 4.57. The van der Waals surface area contributed by atoms with Crippen molar-refractivity contribution in [2.75, 3.05) is 6.79 Å². The van der Waals surface area contributed by atoms with Gasteiger partial charge >= 0.3 is 0 Å². The first-order chi connectivity index (χ1) is 12.1. The standard InChI is InChI=1S/C18H16BrN3O2S/c1-11-5-3-4-6-13(11)17-20-21-18(22(17)2)25-9-12-7-15-16(8-14(12)19)24-10-23-15/h3-8H,9-10H2,1-2H3. The third-order valence-corrected chi connectivity index (χ3v) is 5.93. The molecule has 0 radical (unpaired) electrons. The van der Waals surface area contributed by atoms with Gasteiger partial charge in [-0.15, -0.1) is 10.2 Å². The summed E-state index contributed by atoms with van der Waals surface area (Å²) in [6, 6.07) is 12.2. The second kappa shape index (κ2) is 6.72. The van der Waals surface area contributed by atoms with Crippen LogP contribution in [0, 0.1) is 6.92 Å². The molecule has 0 bridgehead atoms. The summed E-state index contributed by atoms with van der Waals surface area (Å²) in [7, 11) is 2.00. The Hall–Kier alpha value is -1.99. The third-order valence-electron chi connectivity index (χ3n) is 4.12. The summed E-state index contributed by atoms with van der Waals surface area (Å²) in [5.41, 5.74) is 3.43. The maximum Gasteiger partial charge on any atom is 0.231 e. The normalized spacial score (nSPS) is 12.6. The molecule has 25 heavy (non-hydrogen) atoms. The van der Waals surface area contributed by atoms with E-state index >= 15 is 0 Å². The van der Waals surface area contributed by atoms with Gasteiger partial charge in [-0.2, -0.15) is 0 Å². The van der Waals surface area contributed by atoms with E-state index in [0.717, 1.165) is 43.8 Å². The topological polar surface area (TPSA) is 49.2 Å². The zero-order chi connectivity index (χ0) is 17.4. The number of fused-ring (bicyclic) bond motifs is 1. The summed E-state index contributed by atoms with van der Waals surface area (Å²) in [6.45, 7) is 2.36. The second-order valence-electron chi connectivity index (χ2n) is 5.77. The highest BCUT2D eigenvalue weighted by atomic mass is 79.9. The Labute approximate surface area is 158 Å². The molecule has 0 amide bonds. The zero-order valence-electron chi connectivity index (χ0n) is 13.8. The van der Waals surface area contributed by atoms with Crippen LogP contribution >= 0.6 is 27.7 Å². The van der Waals surface area contributed by atoms with Crippen molar-refractivity contribution >= 4 is 27.7 Å². The average Bonchev–Trinajstić information content (AvgIpc) is 3.19. The predicted molar refractivity (Wildman–Crippen MR) is 101 cm³/mol. The van der Waals surface area contributed by atoms with Gasteiger partial charge in [0, 0.05) is 22.8 Å². The molecule has 0 saturated heterocycles. The van der Waals surface area contributed by atoms with Crippen LogP contribution in [-0.4, -0.2) is 21.6 Å². The molecule has 4 rings (SSSR count). The molecule has 1 aliphatic heterocycles.